The van der Waals surface area contributed by atoms with Crippen molar-refractivity contribution in [2.75, 3.05) is 26.4 Å². The van der Waals surface area contributed by atoms with Gasteiger partial charge in [-0.2, -0.15) is 0 Å². The Hall–Kier alpha value is -3.85. The number of rotatable bonds is 40. The molecule has 0 radical (unpaired) electrons. The first-order valence-corrected chi connectivity index (χ1v) is 24.2. The third kappa shape index (κ3) is 45.5. The zero-order valence-electron chi connectivity index (χ0n) is 37.6. The first-order chi connectivity index (χ1) is 29.8. The molecule has 0 saturated heterocycles. The molecule has 0 aromatic carbocycles. The Morgan fingerprint density at radius 3 is 1.26 bits per heavy atom. The van der Waals surface area contributed by atoms with Crippen LogP contribution in [0.2, 0.25) is 0 Å². The number of carbonyl (C=O) groups excluding carboxylic acids is 2. The van der Waals surface area contributed by atoms with Crippen molar-refractivity contribution in [2.24, 2.45) is 5.73 Å². The Bertz CT molecular complexity index is 1450. The molecular formula is C51H80NO8P. The lowest BCUT2D eigenvalue weighted by atomic mass is 10.1. The minimum absolute atomic E-state index is 0.0332. The van der Waals surface area contributed by atoms with Crippen LogP contribution in [0.5, 0.6) is 0 Å². The molecule has 0 aliphatic heterocycles. The highest BCUT2D eigenvalue weighted by molar-refractivity contribution is 7.47. The number of carbonyl (C=O) groups is 2. The van der Waals surface area contributed by atoms with Crippen LogP contribution < -0.4 is 5.73 Å². The van der Waals surface area contributed by atoms with Gasteiger partial charge in [-0.25, -0.2) is 4.57 Å². The van der Waals surface area contributed by atoms with Gasteiger partial charge < -0.3 is 20.1 Å². The second-order valence-electron chi connectivity index (χ2n) is 14.1. The van der Waals surface area contributed by atoms with Gasteiger partial charge in [-0.3, -0.25) is 18.6 Å². The molecule has 0 spiro atoms. The van der Waals surface area contributed by atoms with Crippen molar-refractivity contribution in [3.8, 4) is 0 Å². The molecule has 2 unspecified atom stereocenters. The van der Waals surface area contributed by atoms with Gasteiger partial charge in [0.2, 0.25) is 0 Å². The smallest absolute Gasteiger partial charge is 0.462 e. The number of phosphoric ester groups is 1. The summed E-state index contributed by atoms with van der Waals surface area (Å²) in [6.07, 6.45) is 63.5. The van der Waals surface area contributed by atoms with Gasteiger partial charge in [0.1, 0.15) is 6.61 Å². The summed E-state index contributed by atoms with van der Waals surface area (Å²) in [4.78, 5) is 34.9. The van der Waals surface area contributed by atoms with E-state index in [-0.39, 0.29) is 32.6 Å². The highest BCUT2D eigenvalue weighted by Crippen LogP contribution is 2.43. The predicted molar refractivity (Wildman–Crippen MR) is 256 cm³/mol. The number of unbranched alkanes of at least 4 members (excludes halogenated alkanes) is 5. The van der Waals surface area contributed by atoms with Crippen LogP contribution in [0.15, 0.2) is 134 Å². The lowest BCUT2D eigenvalue weighted by Crippen LogP contribution is -2.29. The molecule has 0 aliphatic carbocycles. The largest absolute Gasteiger partial charge is 0.472 e. The summed E-state index contributed by atoms with van der Waals surface area (Å²) in [7, 11) is -4.41. The molecule has 3 N–H and O–H groups in total. The molecule has 0 aliphatic rings. The van der Waals surface area contributed by atoms with E-state index >= 15 is 0 Å². The van der Waals surface area contributed by atoms with Crippen LogP contribution in [0.25, 0.3) is 0 Å². The van der Waals surface area contributed by atoms with Crippen molar-refractivity contribution in [3.63, 3.8) is 0 Å². The zero-order chi connectivity index (χ0) is 44.6. The van der Waals surface area contributed by atoms with Crippen molar-refractivity contribution in [1.82, 2.24) is 0 Å². The Balaban J connectivity index is 4.29. The summed E-state index contributed by atoms with van der Waals surface area (Å²) >= 11 is 0. The van der Waals surface area contributed by atoms with E-state index in [0.717, 1.165) is 103 Å². The summed E-state index contributed by atoms with van der Waals surface area (Å²) in [6.45, 7) is 3.38. The average molecular weight is 866 g/mol. The molecule has 0 rings (SSSR count). The Labute approximate surface area is 370 Å². The van der Waals surface area contributed by atoms with Gasteiger partial charge in [-0.05, 0) is 109 Å². The van der Waals surface area contributed by atoms with Gasteiger partial charge in [0.25, 0.3) is 0 Å². The molecule has 61 heavy (non-hydrogen) atoms. The molecule has 0 aromatic rings. The fourth-order valence-corrected chi connectivity index (χ4v) is 6.02. The van der Waals surface area contributed by atoms with Crippen molar-refractivity contribution in [3.05, 3.63) is 134 Å². The number of esters is 2. The van der Waals surface area contributed by atoms with Crippen molar-refractivity contribution in [1.29, 1.82) is 0 Å². The monoisotopic (exact) mass is 866 g/mol. The number of allylic oxidation sites excluding steroid dienone is 22. The molecule has 0 saturated carbocycles. The second-order valence-corrected chi connectivity index (χ2v) is 15.6. The van der Waals surface area contributed by atoms with Gasteiger partial charge in [0.05, 0.1) is 13.2 Å². The van der Waals surface area contributed by atoms with Crippen LogP contribution in [0, 0.1) is 0 Å². The van der Waals surface area contributed by atoms with Gasteiger partial charge >= 0.3 is 19.8 Å². The number of hydrogen-bond acceptors (Lipinski definition) is 8. The van der Waals surface area contributed by atoms with Crippen LogP contribution >= 0.6 is 7.82 Å². The topological polar surface area (TPSA) is 134 Å². The molecule has 0 aromatic heterocycles. The molecular weight excluding hydrogens is 786 g/mol. The standard InChI is InChI=1S/C51H80NO8P/c1-3-5-7-9-11-13-15-17-19-20-21-22-23-24-25-26-27-28-30-32-34-36-38-40-42-44-51(54)60-49(48-59-61(55,56)58-46-45-52)47-57-50(53)43-41-39-37-35-33-31-29-18-16-14-12-10-8-6-4-2/h5-8,11-14,17-19,21-22,24-25,27-29,32-35,49H,3-4,9-10,15-16,20,23,26,30-31,36-48,52H2,1-2H3,(H,55,56)/b7-5-,8-6-,13-11-,14-12-,19-17-,22-21-,25-24-,28-27-,29-18-,34-32-,35-33-. The molecule has 342 valence electrons. The molecule has 0 amide bonds. The normalized spacial score (nSPS) is 14.5. The summed E-state index contributed by atoms with van der Waals surface area (Å²) < 4.78 is 32.7. The summed E-state index contributed by atoms with van der Waals surface area (Å²) in [6, 6.07) is 0. The number of phosphoric acid groups is 1. The maximum absolute atomic E-state index is 12.6. The van der Waals surface area contributed by atoms with Gasteiger partial charge in [0.15, 0.2) is 6.10 Å². The van der Waals surface area contributed by atoms with E-state index in [2.05, 4.69) is 148 Å². The van der Waals surface area contributed by atoms with Crippen molar-refractivity contribution in [2.45, 2.75) is 148 Å². The SMILES string of the molecule is CC/C=C\C/C=C\C/C=C\C/C=C\C/C=C\C/C=C\C/C=C\CCCCCC(=O)OC(COC(=O)CCCC/C=C\C/C=C\C/C=C\C/C=C\CC)COP(=O)(O)OCCN. The Kier molecular flexibility index (Phi) is 42.8. The van der Waals surface area contributed by atoms with E-state index in [1.165, 1.54) is 0 Å². The van der Waals surface area contributed by atoms with E-state index in [1.54, 1.807) is 0 Å². The van der Waals surface area contributed by atoms with E-state index in [1.807, 2.05) is 0 Å². The third-order valence-corrected chi connectivity index (χ3v) is 9.52. The first-order valence-electron chi connectivity index (χ1n) is 22.7. The number of ether oxygens (including phenoxy) is 2. The third-order valence-electron chi connectivity index (χ3n) is 8.53. The first kappa shape index (κ1) is 57.1. The molecule has 0 bridgehead atoms. The van der Waals surface area contributed by atoms with Crippen LogP contribution in [-0.4, -0.2) is 49.3 Å². The fraction of sp³-hybridized carbons (Fsp3) is 0.529. The lowest BCUT2D eigenvalue weighted by molar-refractivity contribution is -0.161. The van der Waals surface area contributed by atoms with Gasteiger partial charge in [-0.1, -0.05) is 154 Å². The molecule has 9 nitrogen and oxygen atoms in total. The maximum atomic E-state index is 12.6. The fourth-order valence-electron chi connectivity index (χ4n) is 5.25. The van der Waals surface area contributed by atoms with Crippen LogP contribution in [-0.2, 0) is 32.7 Å². The molecule has 0 fully saturated rings. The number of nitrogens with two attached hydrogens (primary N) is 1. The summed E-state index contributed by atoms with van der Waals surface area (Å²) in [5, 5.41) is 0. The minimum Gasteiger partial charge on any atom is -0.462 e. The zero-order valence-corrected chi connectivity index (χ0v) is 38.5. The maximum Gasteiger partial charge on any atom is 0.472 e. The Morgan fingerprint density at radius 1 is 0.492 bits per heavy atom. The summed E-state index contributed by atoms with van der Waals surface area (Å²) in [5.74, 6) is -0.932. The van der Waals surface area contributed by atoms with E-state index in [0.29, 0.717) is 12.8 Å². The van der Waals surface area contributed by atoms with Gasteiger partial charge in [-0.15, -0.1) is 0 Å². The van der Waals surface area contributed by atoms with Crippen LogP contribution in [0.4, 0.5) is 0 Å². The van der Waals surface area contributed by atoms with E-state index in [9.17, 15) is 19.0 Å². The second kappa shape index (κ2) is 45.7. The average Bonchev–Trinajstić information content (AvgIpc) is 3.25. The lowest BCUT2D eigenvalue weighted by Gasteiger charge is -2.19. The molecule has 10 heteroatoms. The number of hydrogen-bond donors (Lipinski definition) is 2. The highest BCUT2D eigenvalue weighted by Gasteiger charge is 2.25. The molecule has 2 atom stereocenters. The van der Waals surface area contributed by atoms with E-state index in [4.69, 9.17) is 24.3 Å². The molecule has 0 heterocycles. The summed E-state index contributed by atoms with van der Waals surface area (Å²) in [5.41, 5.74) is 5.35. The predicted octanol–water partition coefficient (Wildman–Crippen LogP) is 13.5. The van der Waals surface area contributed by atoms with Gasteiger partial charge in [0, 0.05) is 19.4 Å². The van der Waals surface area contributed by atoms with Crippen molar-refractivity contribution >= 4 is 19.8 Å². The quantitative estimate of drug-likeness (QED) is 0.0267. The highest BCUT2D eigenvalue weighted by atomic mass is 31.2. The minimum atomic E-state index is -4.41. The van der Waals surface area contributed by atoms with Crippen LogP contribution in [0.1, 0.15) is 142 Å². The van der Waals surface area contributed by atoms with Crippen LogP contribution in [0.3, 0.4) is 0 Å². The van der Waals surface area contributed by atoms with E-state index < -0.39 is 32.5 Å². The Morgan fingerprint density at radius 2 is 0.852 bits per heavy atom. The van der Waals surface area contributed by atoms with Crippen molar-refractivity contribution < 1.29 is 37.6 Å².